The largest absolute Gasteiger partial charge is 0.356 e. The molecule has 0 aromatic heterocycles. The van der Waals surface area contributed by atoms with E-state index in [9.17, 15) is 9.18 Å². The molecule has 18 heavy (non-hydrogen) atoms. The van der Waals surface area contributed by atoms with E-state index < -0.39 is 0 Å². The molecule has 1 atom stereocenters. The summed E-state index contributed by atoms with van der Waals surface area (Å²) in [7, 11) is 1.83. The zero-order valence-electron chi connectivity index (χ0n) is 10.9. The van der Waals surface area contributed by atoms with Crippen molar-refractivity contribution in [2.45, 2.75) is 24.8 Å². The van der Waals surface area contributed by atoms with Crippen LogP contribution in [0.3, 0.4) is 0 Å². The molecule has 1 aromatic rings. The van der Waals surface area contributed by atoms with E-state index in [0.29, 0.717) is 11.4 Å². The molecule has 0 aliphatic rings. The third kappa shape index (κ3) is 4.31. The van der Waals surface area contributed by atoms with E-state index in [-0.39, 0.29) is 23.5 Å². The first-order valence-corrected chi connectivity index (χ1v) is 6.93. The number of hydrogen-bond donors (Lipinski definition) is 2. The minimum absolute atomic E-state index is 0.0745. The fourth-order valence-corrected chi connectivity index (χ4v) is 2.21. The summed E-state index contributed by atoms with van der Waals surface area (Å²) in [6, 6.07) is 5.23. The highest BCUT2D eigenvalue weighted by Crippen LogP contribution is 2.24. The summed E-state index contributed by atoms with van der Waals surface area (Å²) < 4.78 is 13.8. The number of carbonyl (C=O) groups excluding carboxylic acids is 1. The highest BCUT2D eigenvalue weighted by Gasteiger charge is 2.09. The summed E-state index contributed by atoms with van der Waals surface area (Å²) in [6.45, 7) is 4.42. The molecule has 1 unspecified atom stereocenters. The van der Waals surface area contributed by atoms with Gasteiger partial charge in [0.1, 0.15) is 5.82 Å². The van der Waals surface area contributed by atoms with E-state index in [1.54, 1.807) is 6.07 Å². The predicted molar refractivity (Wildman–Crippen MR) is 73.3 cm³/mol. The lowest BCUT2D eigenvalue weighted by Gasteiger charge is -2.12. The normalized spacial score (nSPS) is 12.2. The standard InChI is InChI=1S/C13H19FN2OS/c1-4-16-13(17)8-18-12-6-5-10(7-11(12)14)9(2)15-3/h5-7,9,15H,4,8H2,1-3H3,(H,16,17). The Balaban J connectivity index is 2.65. The molecule has 0 fully saturated rings. The highest BCUT2D eigenvalue weighted by molar-refractivity contribution is 8.00. The maximum atomic E-state index is 13.8. The Hall–Kier alpha value is -1.07. The van der Waals surface area contributed by atoms with Gasteiger partial charge in [0.15, 0.2) is 0 Å². The van der Waals surface area contributed by atoms with Gasteiger partial charge in [0.2, 0.25) is 5.91 Å². The van der Waals surface area contributed by atoms with Gasteiger partial charge in [-0.05, 0) is 38.6 Å². The summed E-state index contributed by atoms with van der Waals surface area (Å²) in [5, 5.41) is 5.74. The Morgan fingerprint density at radius 1 is 1.50 bits per heavy atom. The molecule has 0 aliphatic carbocycles. The fourth-order valence-electron chi connectivity index (χ4n) is 1.46. The lowest BCUT2D eigenvalue weighted by atomic mass is 10.1. The summed E-state index contributed by atoms with van der Waals surface area (Å²) in [4.78, 5) is 11.8. The number of hydrogen-bond acceptors (Lipinski definition) is 3. The number of amides is 1. The molecule has 0 heterocycles. The van der Waals surface area contributed by atoms with Crippen LogP contribution in [-0.2, 0) is 4.79 Å². The van der Waals surface area contributed by atoms with Crippen LogP contribution in [0.25, 0.3) is 0 Å². The van der Waals surface area contributed by atoms with Crippen molar-refractivity contribution in [2.24, 2.45) is 0 Å². The molecule has 0 saturated heterocycles. The lowest BCUT2D eigenvalue weighted by Crippen LogP contribution is -2.24. The predicted octanol–water partition coefficient (Wildman–Crippen LogP) is 2.33. The van der Waals surface area contributed by atoms with E-state index in [4.69, 9.17) is 0 Å². The fraction of sp³-hybridized carbons (Fsp3) is 0.462. The van der Waals surface area contributed by atoms with Gasteiger partial charge in [-0.2, -0.15) is 0 Å². The highest BCUT2D eigenvalue weighted by atomic mass is 32.2. The first kappa shape index (κ1) is 15.0. The smallest absolute Gasteiger partial charge is 0.230 e. The summed E-state index contributed by atoms with van der Waals surface area (Å²) >= 11 is 1.22. The van der Waals surface area contributed by atoms with Gasteiger partial charge in [-0.1, -0.05) is 6.07 Å². The molecule has 0 radical (unpaired) electrons. The third-order valence-electron chi connectivity index (χ3n) is 2.62. The maximum absolute atomic E-state index is 13.8. The first-order valence-electron chi connectivity index (χ1n) is 5.94. The van der Waals surface area contributed by atoms with Crippen LogP contribution in [0.2, 0.25) is 0 Å². The van der Waals surface area contributed by atoms with Crippen molar-refractivity contribution in [3.05, 3.63) is 29.6 Å². The van der Waals surface area contributed by atoms with Gasteiger partial charge in [0.05, 0.1) is 5.75 Å². The SMILES string of the molecule is CCNC(=O)CSc1ccc(C(C)NC)cc1F. The molecule has 1 aromatic carbocycles. The molecule has 0 saturated carbocycles. The zero-order chi connectivity index (χ0) is 13.5. The molecular weight excluding hydrogens is 251 g/mol. The van der Waals surface area contributed by atoms with Crippen molar-refractivity contribution in [3.8, 4) is 0 Å². The van der Waals surface area contributed by atoms with Crippen molar-refractivity contribution in [2.75, 3.05) is 19.3 Å². The average molecular weight is 270 g/mol. The number of carbonyl (C=O) groups is 1. The van der Waals surface area contributed by atoms with Crippen LogP contribution < -0.4 is 10.6 Å². The van der Waals surface area contributed by atoms with Gasteiger partial charge in [0.25, 0.3) is 0 Å². The molecule has 0 aliphatic heterocycles. The molecule has 2 N–H and O–H groups in total. The number of thioether (sulfide) groups is 1. The van der Waals surface area contributed by atoms with E-state index in [1.165, 1.54) is 17.8 Å². The Morgan fingerprint density at radius 3 is 2.78 bits per heavy atom. The van der Waals surface area contributed by atoms with Crippen LogP contribution in [0.4, 0.5) is 4.39 Å². The molecule has 0 bridgehead atoms. The van der Waals surface area contributed by atoms with Gasteiger partial charge in [-0.15, -0.1) is 11.8 Å². The number of benzene rings is 1. The van der Waals surface area contributed by atoms with E-state index in [1.807, 2.05) is 27.0 Å². The quantitative estimate of drug-likeness (QED) is 0.780. The van der Waals surface area contributed by atoms with Crippen molar-refractivity contribution < 1.29 is 9.18 Å². The third-order valence-corrected chi connectivity index (χ3v) is 3.67. The maximum Gasteiger partial charge on any atom is 0.230 e. The molecule has 5 heteroatoms. The summed E-state index contributed by atoms with van der Waals surface area (Å²) in [5.41, 5.74) is 0.900. The number of nitrogens with one attached hydrogen (secondary N) is 2. The molecule has 1 rings (SSSR count). The Morgan fingerprint density at radius 2 is 2.22 bits per heavy atom. The Bertz CT molecular complexity index is 412. The zero-order valence-corrected chi connectivity index (χ0v) is 11.7. The van der Waals surface area contributed by atoms with E-state index in [0.717, 1.165) is 5.56 Å². The minimum Gasteiger partial charge on any atom is -0.356 e. The lowest BCUT2D eigenvalue weighted by molar-refractivity contribution is -0.118. The Labute approximate surface area is 112 Å². The van der Waals surface area contributed by atoms with Gasteiger partial charge in [-0.25, -0.2) is 4.39 Å². The van der Waals surface area contributed by atoms with Crippen molar-refractivity contribution >= 4 is 17.7 Å². The van der Waals surface area contributed by atoms with Gasteiger partial charge >= 0.3 is 0 Å². The van der Waals surface area contributed by atoms with Crippen LogP contribution in [0.1, 0.15) is 25.5 Å². The van der Waals surface area contributed by atoms with Crippen molar-refractivity contribution in [3.63, 3.8) is 0 Å². The first-order chi connectivity index (χ1) is 8.58. The molecular formula is C13H19FN2OS. The van der Waals surface area contributed by atoms with Crippen LogP contribution in [-0.4, -0.2) is 25.3 Å². The topological polar surface area (TPSA) is 41.1 Å². The average Bonchev–Trinajstić information content (AvgIpc) is 2.36. The van der Waals surface area contributed by atoms with Crippen LogP contribution in [0.5, 0.6) is 0 Å². The van der Waals surface area contributed by atoms with Gasteiger partial charge in [0, 0.05) is 17.5 Å². The van der Waals surface area contributed by atoms with Gasteiger partial charge in [-0.3, -0.25) is 4.79 Å². The minimum atomic E-state index is -0.274. The van der Waals surface area contributed by atoms with Gasteiger partial charge < -0.3 is 10.6 Å². The molecule has 0 spiro atoms. The molecule has 1 amide bonds. The number of rotatable bonds is 6. The number of halogens is 1. The van der Waals surface area contributed by atoms with E-state index >= 15 is 0 Å². The van der Waals surface area contributed by atoms with E-state index in [2.05, 4.69) is 10.6 Å². The molecule has 3 nitrogen and oxygen atoms in total. The van der Waals surface area contributed by atoms with Crippen molar-refractivity contribution in [1.29, 1.82) is 0 Å². The summed E-state index contributed by atoms with van der Waals surface area (Å²) in [6.07, 6.45) is 0. The van der Waals surface area contributed by atoms with Crippen molar-refractivity contribution in [1.82, 2.24) is 10.6 Å². The van der Waals surface area contributed by atoms with Crippen LogP contribution >= 0.6 is 11.8 Å². The second-order valence-corrected chi connectivity index (χ2v) is 4.96. The van der Waals surface area contributed by atoms with Crippen LogP contribution in [0.15, 0.2) is 23.1 Å². The van der Waals surface area contributed by atoms with Crippen LogP contribution in [0, 0.1) is 5.82 Å². The Kier molecular flexibility index (Phi) is 6.15. The second kappa shape index (κ2) is 7.38. The second-order valence-electron chi connectivity index (χ2n) is 3.94. The molecule has 100 valence electrons. The summed E-state index contributed by atoms with van der Waals surface area (Å²) in [5.74, 6) is -0.107. The monoisotopic (exact) mass is 270 g/mol.